The number of alkyl halides is 2. The van der Waals surface area contributed by atoms with Crippen molar-refractivity contribution in [2.45, 2.75) is 38.7 Å². The van der Waals surface area contributed by atoms with E-state index in [0.29, 0.717) is 17.7 Å². The molecule has 1 nitrogen and oxygen atoms in total. The molecule has 12 heteroatoms. The fraction of sp³-hybridized carbons (Fsp3) is 0.167. The summed E-state index contributed by atoms with van der Waals surface area (Å²) in [4.78, 5) is 0. The van der Waals surface area contributed by atoms with Crippen LogP contribution in [0.2, 0.25) is 0 Å². The summed E-state index contributed by atoms with van der Waals surface area (Å²) in [5.74, 6) is -16.8. The average Bonchev–Trinajstić information content (AvgIpc) is 2.99. The maximum atomic E-state index is 15.2. The van der Waals surface area contributed by atoms with Crippen molar-refractivity contribution in [2.24, 2.45) is 0 Å². The summed E-state index contributed by atoms with van der Waals surface area (Å²) in [5, 5.41) is 0. The zero-order chi connectivity index (χ0) is 34.9. The highest BCUT2D eigenvalue weighted by atomic mass is 19.3. The maximum Gasteiger partial charge on any atom is 0.432 e. The number of hydrogen-bond acceptors (Lipinski definition) is 1. The number of unbranched alkanes of at least 4 members (excludes halogenated alkanes) is 2. The van der Waals surface area contributed by atoms with Gasteiger partial charge in [-0.2, -0.15) is 8.78 Å². The zero-order valence-electron chi connectivity index (χ0n) is 24.8. The minimum atomic E-state index is -4.94. The van der Waals surface area contributed by atoms with Gasteiger partial charge in [-0.1, -0.05) is 44.0 Å². The number of hydrogen-bond donors (Lipinski definition) is 0. The van der Waals surface area contributed by atoms with Gasteiger partial charge in [-0.15, -0.1) is 0 Å². The van der Waals surface area contributed by atoms with Gasteiger partial charge < -0.3 is 4.74 Å². The van der Waals surface area contributed by atoms with Crippen molar-refractivity contribution in [1.82, 2.24) is 0 Å². The lowest BCUT2D eigenvalue weighted by atomic mass is 9.95. The lowest BCUT2D eigenvalue weighted by Crippen LogP contribution is -2.25. The lowest BCUT2D eigenvalue weighted by molar-refractivity contribution is -0.189. The number of aryl methyl sites for hydroxylation is 1. The summed E-state index contributed by atoms with van der Waals surface area (Å²) >= 11 is 0. The molecule has 0 aromatic heterocycles. The largest absolute Gasteiger partial charge is 0.432 e. The fourth-order valence-corrected chi connectivity index (χ4v) is 5.24. The van der Waals surface area contributed by atoms with Gasteiger partial charge in [0.15, 0.2) is 17.5 Å². The van der Waals surface area contributed by atoms with E-state index < -0.39 is 92.0 Å². The van der Waals surface area contributed by atoms with Crippen LogP contribution >= 0.6 is 0 Å². The van der Waals surface area contributed by atoms with Gasteiger partial charge in [-0.25, -0.2) is 39.5 Å². The van der Waals surface area contributed by atoms with Gasteiger partial charge in [-0.05, 0) is 77.1 Å². The summed E-state index contributed by atoms with van der Waals surface area (Å²) in [7, 11) is 0. The Bertz CT molecular complexity index is 1900. The van der Waals surface area contributed by atoms with Crippen molar-refractivity contribution >= 4 is 0 Å². The van der Waals surface area contributed by atoms with Gasteiger partial charge >= 0.3 is 6.11 Å². The van der Waals surface area contributed by atoms with E-state index in [9.17, 15) is 30.7 Å². The predicted octanol–water partition coefficient (Wildman–Crippen LogP) is 11.8. The molecule has 0 aliphatic rings. The Morgan fingerprint density at radius 3 is 1.40 bits per heavy atom. The van der Waals surface area contributed by atoms with E-state index in [0.717, 1.165) is 43.4 Å². The van der Waals surface area contributed by atoms with Gasteiger partial charge in [0.2, 0.25) is 0 Å². The van der Waals surface area contributed by atoms with E-state index >= 15 is 17.6 Å². The van der Waals surface area contributed by atoms with Gasteiger partial charge in [0, 0.05) is 12.1 Å². The molecule has 0 aliphatic carbocycles. The molecule has 250 valence electrons. The topological polar surface area (TPSA) is 9.23 Å². The summed E-state index contributed by atoms with van der Waals surface area (Å²) in [6.07, 6.45) is -0.995. The minimum absolute atomic E-state index is 0.00847. The Kier molecular flexibility index (Phi) is 9.84. The van der Waals surface area contributed by atoms with Crippen LogP contribution in [0.5, 0.6) is 5.75 Å². The van der Waals surface area contributed by atoms with Crippen molar-refractivity contribution in [2.75, 3.05) is 0 Å². The normalized spacial score (nSPS) is 11.7. The molecule has 0 aliphatic heterocycles. The molecule has 0 bridgehead atoms. The zero-order valence-corrected chi connectivity index (χ0v) is 24.8. The predicted molar refractivity (Wildman–Crippen MR) is 157 cm³/mol. The third-order valence-electron chi connectivity index (χ3n) is 7.55. The average molecular weight is 681 g/mol. The molecule has 0 saturated heterocycles. The highest BCUT2D eigenvalue weighted by Crippen LogP contribution is 2.40. The molecule has 5 rings (SSSR count). The first kappa shape index (κ1) is 34.5. The first-order chi connectivity index (χ1) is 22.7. The molecular weight excluding hydrogens is 657 g/mol. The van der Waals surface area contributed by atoms with Crippen LogP contribution in [-0.4, -0.2) is 0 Å². The summed E-state index contributed by atoms with van der Waals surface area (Å²) < 4.78 is 164. The molecule has 48 heavy (non-hydrogen) atoms. The van der Waals surface area contributed by atoms with E-state index in [1.807, 2.05) is 12.1 Å². The summed E-state index contributed by atoms with van der Waals surface area (Å²) in [6.45, 7) is 2.08. The van der Waals surface area contributed by atoms with Crippen LogP contribution < -0.4 is 4.74 Å². The Labute approximate surface area is 267 Å². The van der Waals surface area contributed by atoms with Crippen molar-refractivity contribution in [3.05, 3.63) is 136 Å². The minimum Gasteiger partial charge on any atom is -0.429 e. The second-order valence-electron chi connectivity index (χ2n) is 10.9. The van der Waals surface area contributed by atoms with Gasteiger partial charge in [-0.3, -0.25) is 0 Å². The third-order valence-corrected chi connectivity index (χ3v) is 7.55. The second kappa shape index (κ2) is 13.7. The first-order valence-electron chi connectivity index (χ1n) is 14.5. The SMILES string of the molecule is CCCCCc1ccc(-c2cc(F)c(-c3cc(F)c(-c4cc(F)c(C(F)(F)Oc5cc(F)c(F)c(F)c5)c(F)c4)c(F)c3)c(F)c2)cc1. The highest BCUT2D eigenvalue weighted by molar-refractivity contribution is 5.75. The monoisotopic (exact) mass is 680 g/mol. The van der Waals surface area contributed by atoms with Crippen molar-refractivity contribution in [3.8, 4) is 39.1 Å². The number of halogens is 11. The van der Waals surface area contributed by atoms with Gasteiger partial charge in [0.05, 0.1) is 11.1 Å². The number of rotatable bonds is 10. The Hall–Kier alpha value is -4.87. The van der Waals surface area contributed by atoms with Crippen LogP contribution in [0, 0.1) is 52.4 Å². The summed E-state index contributed by atoms with van der Waals surface area (Å²) in [5.41, 5.74) is -3.82. The van der Waals surface area contributed by atoms with E-state index in [1.165, 1.54) is 0 Å². The fourth-order valence-electron chi connectivity index (χ4n) is 5.24. The van der Waals surface area contributed by atoms with E-state index in [4.69, 9.17) is 0 Å². The third kappa shape index (κ3) is 7.02. The number of benzene rings is 5. The molecule has 0 amide bonds. The molecule has 0 heterocycles. The molecule has 0 unspecified atom stereocenters. The molecule has 5 aromatic carbocycles. The molecule has 5 aromatic rings. The van der Waals surface area contributed by atoms with E-state index in [2.05, 4.69) is 11.7 Å². The van der Waals surface area contributed by atoms with Crippen LogP contribution in [0.4, 0.5) is 48.3 Å². The quantitative estimate of drug-likeness (QED) is 0.0811. The van der Waals surface area contributed by atoms with Crippen LogP contribution in [0.1, 0.15) is 37.3 Å². The van der Waals surface area contributed by atoms with Crippen LogP contribution in [0.3, 0.4) is 0 Å². The molecule has 0 radical (unpaired) electrons. The Balaban J connectivity index is 1.44. The number of ether oxygens (including phenoxy) is 1. The van der Waals surface area contributed by atoms with Crippen LogP contribution in [-0.2, 0) is 12.5 Å². The lowest BCUT2D eigenvalue weighted by Gasteiger charge is -2.20. The molecule has 0 saturated carbocycles. The second-order valence-corrected chi connectivity index (χ2v) is 10.9. The first-order valence-corrected chi connectivity index (χ1v) is 14.5. The van der Waals surface area contributed by atoms with Gasteiger partial charge in [0.25, 0.3) is 0 Å². The van der Waals surface area contributed by atoms with Crippen molar-refractivity contribution in [3.63, 3.8) is 0 Å². The van der Waals surface area contributed by atoms with Gasteiger partial charge in [0.1, 0.15) is 46.2 Å². The standard InChI is InChI=1S/C36H23F11O/c1-2-3-4-5-18-6-8-19(9-7-18)20-10-24(37)32(25(38)11-20)21-12-26(39)33(27(40)13-21)22-14-28(41)34(29(42)15-22)36(46,47)48-23-16-30(43)35(45)31(44)17-23/h6-17H,2-5H2,1H3. The molecule has 0 fully saturated rings. The van der Waals surface area contributed by atoms with Crippen molar-refractivity contribution in [1.29, 1.82) is 0 Å². The smallest absolute Gasteiger partial charge is 0.429 e. The van der Waals surface area contributed by atoms with Crippen molar-refractivity contribution < 1.29 is 53.0 Å². The molecule has 0 spiro atoms. The molecule has 0 N–H and O–H groups in total. The highest BCUT2D eigenvalue weighted by Gasteiger charge is 2.42. The van der Waals surface area contributed by atoms with Crippen LogP contribution in [0.15, 0.2) is 72.8 Å². The van der Waals surface area contributed by atoms with Crippen LogP contribution in [0.25, 0.3) is 33.4 Å². The molecular formula is C36H23F11O. The summed E-state index contributed by atoms with van der Waals surface area (Å²) in [6, 6.07) is 10.3. The molecule has 0 atom stereocenters. The Morgan fingerprint density at radius 2 is 0.938 bits per heavy atom. The van der Waals surface area contributed by atoms with E-state index in [1.54, 1.807) is 12.1 Å². The van der Waals surface area contributed by atoms with E-state index in [-0.39, 0.29) is 29.8 Å². The Morgan fingerprint density at radius 1 is 0.500 bits per heavy atom. The maximum absolute atomic E-state index is 15.2.